The van der Waals surface area contributed by atoms with Crippen molar-refractivity contribution in [3.8, 4) is 0 Å². The number of para-hydroxylation sites is 1. The number of hydrogen-bond donors (Lipinski definition) is 0. The van der Waals surface area contributed by atoms with Gasteiger partial charge in [-0.15, -0.1) is 0 Å². The van der Waals surface area contributed by atoms with Crippen LogP contribution in [0.3, 0.4) is 0 Å². The van der Waals surface area contributed by atoms with Crippen molar-refractivity contribution in [2.75, 3.05) is 11.4 Å². The van der Waals surface area contributed by atoms with Crippen LogP contribution in [0.4, 0.5) is 16.2 Å². The fourth-order valence-electron chi connectivity index (χ4n) is 2.54. The Morgan fingerprint density at radius 2 is 1.79 bits per heavy atom. The van der Waals surface area contributed by atoms with Crippen molar-refractivity contribution in [1.29, 1.82) is 0 Å². The van der Waals surface area contributed by atoms with E-state index in [-0.39, 0.29) is 29.4 Å². The summed E-state index contributed by atoms with van der Waals surface area (Å²) in [5, 5.41) is 11.3. The predicted octanol–water partition coefficient (Wildman–Crippen LogP) is 3.22. The molecule has 1 aliphatic rings. The Bertz CT molecular complexity index is 825. The van der Waals surface area contributed by atoms with E-state index in [0.29, 0.717) is 5.69 Å². The Balaban J connectivity index is 1.91. The third kappa shape index (κ3) is 2.81. The van der Waals surface area contributed by atoms with Crippen LogP contribution in [-0.4, -0.2) is 28.3 Å². The van der Waals surface area contributed by atoms with Crippen LogP contribution in [0, 0.1) is 10.1 Å². The van der Waals surface area contributed by atoms with E-state index in [1.54, 1.807) is 30.3 Å². The summed E-state index contributed by atoms with van der Waals surface area (Å²) in [7, 11) is 0. The zero-order chi connectivity index (χ0) is 17.3. The number of nitrogens with zero attached hydrogens (tertiary/aromatic N) is 3. The maximum atomic E-state index is 12.5. The van der Waals surface area contributed by atoms with Crippen LogP contribution in [0.5, 0.6) is 0 Å². The monoisotopic (exact) mass is 345 g/mol. The van der Waals surface area contributed by atoms with Crippen molar-refractivity contribution in [3.05, 3.63) is 69.2 Å². The first-order chi connectivity index (χ1) is 11.5. The van der Waals surface area contributed by atoms with Gasteiger partial charge in [-0.05, 0) is 18.2 Å². The number of carbonyl (C=O) groups is 2. The van der Waals surface area contributed by atoms with Gasteiger partial charge in [0, 0.05) is 11.8 Å². The summed E-state index contributed by atoms with van der Waals surface area (Å²) in [6.07, 6.45) is 0. The molecule has 24 heavy (non-hydrogen) atoms. The van der Waals surface area contributed by atoms with Gasteiger partial charge >= 0.3 is 6.03 Å². The SMILES string of the molecule is O=C1CN(c2ccccc2)C(=O)N1Cc1c(Cl)cccc1[N+](=O)[O-]. The highest BCUT2D eigenvalue weighted by Crippen LogP contribution is 2.30. The molecule has 0 bridgehead atoms. The Hall–Kier alpha value is -2.93. The first-order valence-electron chi connectivity index (χ1n) is 7.07. The van der Waals surface area contributed by atoms with Gasteiger partial charge in [-0.1, -0.05) is 35.9 Å². The predicted molar refractivity (Wildman–Crippen MR) is 87.8 cm³/mol. The summed E-state index contributed by atoms with van der Waals surface area (Å²) < 4.78 is 0. The van der Waals surface area contributed by atoms with E-state index in [2.05, 4.69) is 0 Å². The van der Waals surface area contributed by atoms with E-state index in [4.69, 9.17) is 11.6 Å². The van der Waals surface area contributed by atoms with Gasteiger partial charge in [-0.3, -0.25) is 24.7 Å². The van der Waals surface area contributed by atoms with E-state index in [0.717, 1.165) is 4.90 Å². The molecule has 2 aromatic rings. The van der Waals surface area contributed by atoms with Gasteiger partial charge < -0.3 is 0 Å². The van der Waals surface area contributed by atoms with Crippen molar-refractivity contribution in [1.82, 2.24) is 4.90 Å². The van der Waals surface area contributed by atoms with Crippen LogP contribution in [-0.2, 0) is 11.3 Å². The van der Waals surface area contributed by atoms with E-state index >= 15 is 0 Å². The smallest absolute Gasteiger partial charge is 0.285 e. The van der Waals surface area contributed by atoms with Crippen LogP contribution in [0.25, 0.3) is 0 Å². The highest BCUT2D eigenvalue weighted by Gasteiger charge is 2.38. The lowest BCUT2D eigenvalue weighted by Crippen LogP contribution is -2.32. The summed E-state index contributed by atoms with van der Waals surface area (Å²) in [6.45, 7) is -0.349. The molecule has 2 aromatic carbocycles. The molecule has 0 N–H and O–H groups in total. The topological polar surface area (TPSA) is 83.8 Å². The van der Waals surface area contributed by atoms with Crippen LogP contribution in [0.1, 0.15) is 5.56 Å². The van der Waals surface area contributed by atoms with E-state index < -0.39 is 16.9 Å². The molecule has 0 saturated carbocycles. The number of benzene rings is 2. The number of rotatable bonds is 4. The molecular formula is C16H12ClN3O4. The molecule has 8 heteroatoms. The van der Waals surface area contributed by atoms with Crippen molar-refractivity contribution in [2.45, 2.75) is 6.54 Å². The molecule has 0 spiro atoms. The number of imide groups is 1. The highest BCUT2D eigenvalue weighted by atomic mass is 35.5. The van der Waals surface area contributed by atoms with Gasteiger partial charge in [0.2, 0.25) is 0 Å². The second kappa shape index (κ2) is 6.29. The third-order valence-electron chi connectivity index (χ3n) is 3.73. The lowest BCUT2D eigenvalue weighted by Gasteiger charge is -2.17. The molecule has 1 fully saturated rings. The lowest BCUT2D eigenvalue weighted by atomic mass is 10.1. The average Bonchev–Trinajstić information content (AvgIpc) is 2.85. The maximum Gasteiger partial charge on any atom is 0.332 e. The van der Waals surface area contributed by atoms with E-state index in [9.17, 15) is 19.7 Å². The normalized spacial score (nSPS) is 14.4. The molecule has 122 valence electrons. The Kier molecular flexibility index (Phi) is 4.18. The average molecular weight is 346 g/mol. The van der Waals surface area contributed by atoms with Crippen molar-refractivity contribution in [2.24, 2.45) is 0 Å². The molecule has 1 heterocycles. The maximum absolute atomic E-state index is 12.5. The molecule has 3 amide bonds. The van der Waals surface area contributed by atoms with Crippen LogP contribution in [0.2, 0.25) is 5.02 Å². The number of nitro benzene ring substituents is 1. The van der Waals surface area contributed by atoms with Gasteiger partial charge in [0.15, 0.2) is 0 Å². The van der Waals surface area contributed by atoms with Crippen molar-refractivity contribution in [3.63, 3.8) is 0 Å². The van der Waals surface area contributed by atoms with Crippen molar-refractivity contribution < 1.29 is 14.5 Å². The van der Waals surface area contributed by atoms with Crippen LogP contribution >= 0.6 is 11.6 Å². The molecule has 0 unspecified atom stereocenters. The minimum absolute atomic E-state index is 0.110. The summed E-state index contributed by atoms with van der Waals surface area (Å²) >= 11 is 6.03. The molecule has 0 aliphatic carbocycles. The van der Waals surface area contributed by atoms with Crippen LogP contribution < -0.4 is 4.90 Å². The first-order valence-corrected chi connectivity index (χ1v) is 7.45. The Morgan fingerprint density at radius 3 is 2.46 bits per heavy atom. The second-order valence-corrected chi connectivity index (χ2v) is 5.59. The molecule has 7 nitrogen and oxygen atoms in total. The highest BCUT2D eigenvalue weighted by molar-refractivity contribution is 6.31. The fraction of sp³-hybridized carbons (Fsp3) is 0.125. The Morgan fingerprint density at radius 1 is 1.08 bits per heavy atom. The Labute approximate surface area is 142 Å². The third-order valence-corrected chi connectivity index (χ3v) is 4.09. The standard InChI is InChI=1S/C16H12ClN3O4/c17-13-7-4-8-14(20(23)24)12(13)9-19-15(21)10-18(16(19)22)11-5-2-1-3-6-11/h1-8H,9-10H2. The number of anilines is 1. The summed E-state index contributed by atoms with van der Waals surface area (Å²) in [5.74, 6) is -0.432. The van der Waals surface area contributed by atoms with E-state index in [1.165, 1.54) is 23.1 Å². The van der Waals surface area contributed by atoms with Crippen LogP contribution in [0.15, 0.2) is 48.5 Å². The summed E-state index contributed by atoms with van der Waals surface area (Å²) in [5.41, 5.74) is 0.508. The molecule has 1 saturated heterocycles. The number of halogens is 1. The van der Waals surface area contributed by atoms with Gasteiger partial charge in [-0.25, -0.2) is 4.79 Å². The first kappa shape index (κ1) is 15.9. The van der Waals surface area contributed by atoms with Crippen molar-refractivity contribution >= 4 is 34.9 Å². The number of urea groups is 1. The number of amides is 3. The van der Waals surface area contributed by atoms with Gasteiger partial charge in [-0.2, -0.15) is 0 Å². The molecule has 3 rings (SSSR count). The number of carbonyl (C=O) groups excluding carboxylic acids is 2. The zero-order valence-electron chi connectivity index (χ0n) is 12.4. The number of nitro groups is 1. The molecule has 0 radical (unpaired) electrons. The summed E-state index contributed by atoms with van der Waals surface area (Å²) in [4.78, 5) is 37.6. The van der Waals surface area contributed by atoms with Gasteiger partial charge in [0.25, 0.3) is 11.6 Å². The fourth-order valence-corrected chi connectivity index (χ4v) is 2.77. The largest absolute Gasteiger partial charge is 0.332 e. The van der Waals surface area contributed by atoms with Gasteiger partial charge in [0.05, 0.1) is 22.1 Å². The number of hydrogen-bond acceptors (Lipinski definition) is 4. The molecular weight excluding hydrogens is 334 g/mol. The second-order valence-electron chi connectivity index (χ2n) is 5.18. The quantitative estimate of drug-likeness (QED) is 0.484. The molecule has 1 aliphatic heterocycles. The zero-order valence-corrected chi connectivity index (χ0v) is 13.1. The molecule has 0 aromatic heterocycles. The minimum atomic E-state index is -0.582. The molecule has 0 atom stereocenters. The lowest BCUT2D eigenvalue weighted by molar-refractivity contribution is -0.385. The minimum Gasteiger partial charge on any atom is -0.285 e. The van der Waals surface area contributed by atoms with Gasteiger partial charge in [0.1, 0.15) is 6.54 Å². The summed E-state index contributed by atoms with van der Waals surface area (Å²) in [6, 6.07) is 12.5. The van der Waals surface area contributed by atoms with E-state index in [1.807, 2.05) is 0 Å².